The molecule has 0 saturated carbocycles. The first-order valence-corrected chi connectivity index (χ1v) is 9.47. The third kappa shape index (κ3) is 3.06. The number of hydrogen-bond donors (Lipinski definition) is 2. The minimum absolute atomic E-state index is 0.167. The second-order valence-corrected chi connectivity index (χ2v) is 7.87. The van der Waals surface area contributed by atoms with Crippen molar-refractivity contribution in [1.82, 2.24) is 10.4 Å². The van der Waals surface area contributed by atoms with E-state index >= 15 is 0 Å². The lowest BCUT2D eigenvalue weighted by molar-refractivity contribution is 0.516. The normalized spacial score (nSPS) is 24.1. The second-order valence-electron chi connectivity index (χ2n) is 5.24. The van der Waals surface area contributed by atoms with Gasteiger partial charge in [-0.1, -0.05) is 25.1 Å². The van der Waals surface area contributed by atoms with Crippen LogP contribution in [0.25, 0.3) is 10.8 Å². The van der Waals surface area contributed by atoms with Crippen LogP contribution in [0.2, 0.25) is 0 Å². The Morgan fingerprint density at radius 3 is 3.00 bits per heavy atom. The van der Waals surface area contributed by atoms with Gasteiger partial charge in [0.05, 0.1) is 6.04 Å². The van der Waals surface area contributed by atoms with Gasteiger partial charge < -0.3 is 0 Å². The fourth-order valence-corrected chi connectivity index (χ4v) is 6.24. The third-order valence-corrected chi connectivity index (χ3v) is 7.41. The van der Waals surface area contributed by atoms with E-state index in [9.17, 15) is 0 Å². The molecule has 0 amide bonds. The summed E-state index contributed by atoms with van der Waals surface area (Å²) in [6.45, 7) is 2.27. The lowest BCUT2D eigenvalue weighted by Gasteiger charge is -2.36. The predicted molar refractivity (Wildman–Crippen MR) is 94.6 cm³/mol. The second kappa shape index (κ2) is 7.01. The van der Waals surface area contributed by atoms with Crippen LogP contribution >= 0.6 is 23.5 Å². The molecule has 1 fully saturated rings. The van der Waals surface area contributed by atoms with Crippen LogP contribution in [0.15, 0.2) is 36.7 Å². The molecule has 3 N–H and O–H groups in total. The van der Waals surface area contributed by atoms with Crippen molar-refractivity contribution < 1.29 is 0 Å². The molecule has 1 aliphatic heterocycles. The number of fused-ring (bicyclic) bond motifs is 1. The van der Waals surface area contributed by atoms with E-state index in [4.69, 9.17) is 5.84 Å². The van der Waals surface area contributed by atoms with Crippen LogP contribution in [0.5, 0.6) is 0 Å². The molecule has 1 aliphatic rings. The minimum atomic E-state index is 0.167. The van der Waals surface area contributed by atoms with Gasteiger partial charge in [-0.05, 0) is 23.4 Å². The summed E-state index contributed by atoms with van der Waals surface area (Å²) in [6, 6.07) is 8.66. The van der Waals surface area contributed by atoms with E-state index in [0.717, 1.165) is 0 Å². The van der Waals surface area contributed by atoms with Crippen molar-refractivity contribution >= 4 is 34.3 Å². The highest BCUT2D eigenvalue weighted by molar-refractivity contribution is 8.07. The van der Waals surface area contributed by atoms with Crippen molar-refractivity contribution in [2.75, 3.05) is 11.5 Å². The largest absolute Gasteiger partial charge is 0.271 e. The van der Waals surface area contributed by atoms with Gasteiger partial charge >= 0.3 is 0 Å². The number of pyridine rings is 1. The zero-order chi connectivity index (χ0) is 14.7. The SMILES string of the molecule is CCC1SCCSC1C(NN)c1cccc2ccncc12. The topological polar surface area (TPSA) is 50.9 Å². The van der Waals surface area contributed by atoms with Gasteiger partial charge in [0.2, 0.25) is 0 Å². The first-order valence-electron chi connectivity index (χ1n) is 7.37. The average Bonchev–Trinajstić information content (AvgIpc) is 2.56. The fourth-order valence-electron chi connectivity index (χ4n) is 3.02. The number of nitrogens with two attached hydrogens (primary N) is 1. The number of rotatable bonds is 4. The zero-order valence-corrected chi connectivity index (χ0v) is 13.8. The highest BCUT2D eigenvalue weighted by Gasteiger charge is 2.33. The first-order chi connectivity index (χ1) is 10.3. The molecule has 0 spiro atoms. The average molecular weight is 319 g/mol. The van der Waals surface area contributed by atoms with E-state index < -0.39 is 0 Å². The molecule has 21 heavy (non-hydrogen) atoms. The van der Waals surface area contributed by atoms with E-state index in [1.807, 2.05) is 24.2 Å². The molecule has 1 aromatic heterocycles. The molecular formula is C16H21N3S2. The Bertz CT molecular complexity index is 600. The van der Waals surface area contributed by atoms with Crippen LogP contribution in [-0.2, 0) is 0 Å². The van der Waals surface area contributed by atoms with Crippen molar-refractivity contribution in [3.63, 3.8) is 0 Å². The number of nitrogens with one attached hydrogen (secondary N) is 1. The Hall–Kier alpha value is -0.750. The number of hydrazine groups is 1. The summed E-state index contributed by atoms with van der Waals surface area (Å²) in [7, 11) is 0. The van der Waals surface area contributed by atoms with Crippen molar-refractivity contribution in [1.29, 1.82) is 0 Å². The maximum absolute atomic E-state index is 5.95. The van der Waals surface area contributed by atoms with E-state index in [1.165, 1.54) is 34.3 Å². The third-order valence-electron chi connectivity index (χ3n) is 4.05. The molecular weight excluding hydrogens is 298 g/mol. The summed E-state index contributed by atoms with van der Waals surface area (Å²) in [5.74, 6) is 8.40. The van der Waals surface area contributed by atoms with E-state index in [-0.39, 0.29) is 6.04 Å². The molecule has 3 atom stereocenters. The molecule has 1 saturated heterocycles. The lowest BCUT2D eigenvalue weighted by atomic mass is 9.96. The highest BCUT2D eigenvalue weighted by Crippen LogP contribution is 2.41. The number of benzene rings is 1. The Balaban J connectivity index is 2.01. The minimum Gasteiger partial charge on any atom is -0.271 e. The molecule has 3 rings (SSSR count). The zero-order valence-electron chi connectivity index (χ0n) is 12.2. The molecule has 3 unspecified atom stereocenters. The van der Waals surface area contributed by atoms with Crippen LogP contribution in [0.1, 0.15) is 24.9 Å². The molecule has 0 aliphatic carbocycles. The number of hydrogen-bond acceptors (Lipinski definition) is 5. The highest BCUT2D eigenvalue weighted by atomic mass is 32.2. The maximum Gasteiger partial charge on any atom is 0.0596 e. The number of aromatic nitrogens is 1. The van der Waals surface area contributed by atoms with Gasteiger partial charge in [-0.2, -0.15) is 23.5 Å². The Morgan fingerprint density at radius 2 is 2.19 bits per heavy atom. The molecule has 3 nitrogen and oxygen atoms in total. The van der Waals surface area contributed by atoms with Crippen molar-refractivity contribution in [2.45, 2.75) is 29.9 Å². The Kier molecular flexibility index (Phi) is 5.06. The summed E-state index contributed by atoms with van der Waals surface area (Å²) in [4.78, 5) is 4.29. The van der Waals surface area contributed by atoms with E-state index in [0.29, 0.717) is 10.5 Å². The van der Waals surface area contributed by atoms with Crippen LogP contribution in [0.3, 0.4) is 0 Å². The van der Waals surface area contributed by atoms with Gasteiger partial charge in [0.15, 0.2) is 0 Å². The quantitative estimate of drug-likeness (QED) is 0.668. The van der Waals surface area contributed by atoms with Gasteiger partial charge in [0.25, 0.3) is 0 Å². The molecule has 1 aromatic carbocycles. The maximum atomic E-state index is 5.95. The molecule has 2 heterocycles. The standard InChI is InChI=1S/C16H21N3S2/c1-2-14-16(21-9-8-20-14)15(19-17)12-5-3-4-11-6-7-18-10-13(11)12/h3-7,10,14-16,19H,2,8-9,17H2,1H3. The van der Waals surface area contributed by atoms with Crippen LogP contribution < -0.4 is 11.3 Å². The van der Waals surface area contributed by atoms with Gasteiger partial charge in [-0.15, -0.1) is 0 Å². The Morgan fingerprint density at radius 1 is 1.33 bits per heavy atom. The van der Waals surface area contributed by atoms with Crippen LogP contribution in [-0.4, -0.2) is 27.0 Å². The lowest BCUT2D eigenvalue weighted by Crippen LogP contribution is -2.41. The van der Waals surface area contributed by atoms with Gasteiger partial charge in [-0.3, -0.25) is 16.3 Å². The van der Waals surface area contributed by atoms with Crippen molar-refractivity contribution in [2.24, 2.45) is 5.84 Å². The molecule has 2 aromatic rings. The fraction of sp³-hybridized carbons (Fsp3) is 0.438. The van der Waals surface area contributed by atoms with Gasteiger partial charge in [-0.25, -0.2) is 0 Å². The van der Waals surface area contributed by atoms with Crippen molar-refractivity contribution in [3.8, 4) is 0 Å². The van der Waals surface area contributed by atoms with Crippen LogP contribution in [0.4, 0.5) is 0 Å². The number of thioether (sulfide) groups is 2. The summed E-state index contributed by atoms with van der Waals surface area (Å²) in [6.07, 6.45) is 4.98. The predicted octanol–water partition coefficient (Wildman–Crippen LogP) is 3.37. The summed E-state index contributed by atoms with van der Waals surface area (Å²) in [5.41, 5.74) is 4.35. The summed E-state index contributed by atoms with van der Waals surface area (Å²) in [5, 5.41) is 3.58. The molecule has 0 bridgehead atoms. The molecule has 0 radical (unpaired) electrons. The Labute approximate surface area is 134 Å². The monoisotopic (exact) mass is 319 g/mol. The summed E-state index contributed by atoms with van der Waals surface area (Å²) < 4.78 is 0. The van der Waals surface area contributed by atoms with Crippen LogP contribution in [0, 0.1) is 0 Å². The van der Waals surface area contributed by atoms with Gasteiger partial charge in [0, 0.05) is 39.8 Å². The first kappa shape index (κ1) is 15.2. The number of nitrogens with zero attached hydrogens (tertiary/aromatic N) is 1. The van der Waals surface area contributed by atoms with Gasteiger partial charge in [0.1, 0.15) is 0 Å². The van der Waals surface area contributed by atoms with Crippen molar-refractivity contribution in [3.05, 3.63) is 42.2 Å². The summed E-state index contributed by atoms with van der Waals surface area (Å²) >= 11 is 4.13. The van der Waals surface area contributed by atoms with E-state index in [1.54, 1.807) is 0 Å². The van der Waals surface area contributed by atoms with E-state index in [2.05, 4.69) is 53.4 Å². The molecule has 112 valence electrons. The molecule has 5 heteroatoms. The smallest absolute Gasteiger partial charge is 0.0596 e.